The molecule has 0 spiro atoms. The molecule has 0 aliphatic carbocycles. The van der Waals surface area contributed by atoms with E-state index in [1.807, 2.05) is 0 Å². The van der Waals surface area contributed by atoms with Crippen LogP contribution in [0.3, 0.4) is 0 Å². The molecule has 0 aromatic heterocycles. The molecule has 1 aliphatic rings. The number of nitrogens with zero attached hydrogens (tertiary/aromatic N) is 2. The van der Waals surface area contributed by atoms with Gasteiger partial charge in [-0.25, -0.2) is 4.79 Å². The smallest absolute Gasteiger partial charge is 0.319 e. The molecule has 1 aliphatic heterocycles. The number of amides is 2. The van der Waals surface area contributed by atoms with Crippen molar-refractivity contribution in [2.24, 2.45) is 5.92 Å². The number of nitrogens with one attached hydrogen (secondary N) is 1. The van der Waals surface area contributed by atoms with E-state index in [9.17, 15) is 9.59 Å². The molecule has 16 heavy (non-hydrogen) atoms. The maximum Gasteiger partial charge on any atom is 0.319 e. The summed E-state index contributed by atoms with van der Waals surface area (Å²) in [7, 11) is 1.64. The number of hydrogen-bond donors (Lipinski definition) is 2. The summed E-state index contributed by atoms with van der Waals surface area (Å²) in [6.07, 6.45) is 0. The summed E-state index contributed by atoms with van der Waals surface area (Å²) in [5.41, 5.74) is 0. The summed E-state index contributed by atoms with van der Waals surface area (Å²) < 4.78 is 0. The first-order valence-electron chi connectivity index (χ1n) is 5.46. The minimum atomic E-state index is -0.875. The molecule has 1 saturated heterocycles. The molecule has 0 saturated carbocycles. The number of aliphatic carboxylic acids is 1. The van der Waals surface area contributed by atoms with Gasteiger partial charge in [-0.3, -0.25) is 4.79 Å². The van der Waals surface area contributed by atoms with Gasteiger partial charge in [-0.2, -0.15) is 0 Å². The Morgan fingerprint density at radius 1 is 1.44 bits per heavy atom. The van der Waals surface area contributed by atoms with Gasteiger partial charge in [-0.05, 0) is 0 Å². The van der Waals surface area contributed by atoms with E-state index < -0.39 is 11.9 Å². The number of carboxylic acids is 1. The molecule has 0 aromatic carbocycles. The van der Waals surface area contributed by atoms with Crippen molar-refractivity contribution in [1.29, 1.82) is 0 Å². The lowest BCUT2D eigenvalue weighted by molar-refractivity contribution is -0.141. The second kappa shape index (κ2) is 5.69. The molecule has 0 aromatic rings. The van der Waals surface area contributed by atoms with E-state index in [2.05, 4.69) is 5.32 Å². The quantitative estimate of drug-likeness (QED) is 0.694. The van der Waals surface area contributed by atoms with E-state index in [-0.39, 0.29) is 12.6 Å². The van der Waals surface area contributed by atoms with Gasteiger partial charge in [0.05, 0.1) is 5.92 Å². The summed E-state index contributed by atoms with van der Waals surface area (Å²) >= 11 is 0. The number of carbonyl (C=O) groups is 2. The van der Waals surface area contributed by atoms with E-state index >= 15 is 0 Å². The van der Waals surface area contributed by atoms with Gasteiger partial charge in [0.2, 0.25) is 0 Å². The Bertz CT molecular complexity index is 264. The molecule has 1 fully saturated rings. The largest absolute Gasteiger partial charge is 0.481 e. The van der Waals surface area contributed by atoms with Gasteiger partial charge < -0.3 is 20.2 Å². The van der Waals surface area contributed by atoms with E-state index in [0.717, 1.165) is 13.1 Å². The van der Waals surface area contributed by atoms with Gasteiger partial charge in [-0.15, -0.1) is 0 Å². The monoisotopic (exact) mass is 229 g/mol. The second-order valence-electron chi connectivity index (χ2n) is 4.14. The lowest BCUT2D eigenvalue weighted by Crippen LogP contribution is -2.51. The summed E-state index contributed by atoms with van der Waals surface area (Å²) in [6, 6.07) is -0.0883. The molecule has 1 rings (SSSR count). The first kappa shape index (κ1) is 12.8. The zero-order valence-corrected chi connectivity index (χ0v) is 9.77. The van der Waals surface area contributed by atoms with Crippen molar-refractivity contribution in [3.63, 3.8) is 0 Å². The third kappa shape index (κ3) is 3.37. The highest BCUT2D eigenvalue weighted by Gasteiger charge is 2.22. The highest BCUT2D eigenvalue weighted by molar-refractivity contribution is 5.76. The number of urea groups is 1. The fraction of sp³-hybridized carbons (Fsp3) is 0.800. The van der Waals surface area contributed by atoms with Gasteiger partial charge in [0.25, 0.3) is 0 Å². The van der Waals surface area contributed by atoms with Crippen molar-refractivity contribution in [3.8, 4) is 0 Å². The van der Waals surface area contributed by atoms with Crippen LogP contribution in [0.25, 0.3) is 0 Å². The van der Waals surface area contributed by atoms with E-state index in [0.29, 0.717) is 13.1 Å². The summed E-state index contributed by atoms with van der Waals surface area (Å²) in [5, 5.41) is 11.9. The fourth-order valence-electron chi connectivity index (χ4n) is 1.66. The van der Waals surface area contributed by atoms with Gasteiger partial charge >= 0.3 is 12.0 Å². The van der Waals surface area contributed by atoms with E-state index in [1.54, 1.807) is 18.9 Å². The Kier molecular flexibility index (Phi) is 4.54. The zero-order valence-electron chi connectivity index (χ0n) is 9.77. The van der Waals surface area contributed by atoms with Crippen LogP contribution in [0.4, 0.5) is 4.79 Å². The van der Waals surface area contributed by atoms with Gasteiger partial charge in [0.1, 0.15) is 0 Å². The van der Waals surface area contributed by atoms with Gasteiger partial charge in [-0.1, -0.05) is 6.92 Å². The molecule has 1 unspecified atom stereocenters. The molecule has 92 valence electrons. The van der Waals surface area contributed by atoms with Crippen molar-refractivity contribution in [3.05, 3.63) is 0 Å². The van der Waals surface area contributed by atoms with Crippen molar-refractivity contribution in [2.45, 2.75) is 6.92 Å². The number of hydrogen-bond acceptors (Lipinski definition) is 3. The Hall–Kier alpha value is -1.30. The molecule has 6 heteroatoms. The highest BCUT2D eigenvalue weighted by Crippen LogP contribution is 2.03. The van der Waals surface area contributed by atoms with Crippen LogP contribution in [0.2, 0.25) is 0 Å². The Labute approximate surface area is 95.2 Å². The number of piperazine rings is 1. The maximum atomic E-state index is 11.9. The standard InChI is InChI=1S/C10H19N3O3/c1-8(9(14)15)7-12(2)10(16)13-5-3-11-4-6-13/h8,11H,3-7H2,1-2H3,(H,14,15). The summed E-state index contributed by atoms with van der Waals surface area (Å²) in [6.45, 7) is 4.82. The predicted octanol–water partition coefficient (Wildman–Crippen LogP) is -0.336. The third-order valence-electron chi connectivity index (χ3n) is 2.68. The molecule has 0 bridgehead atoms. The molecule has 6 nitrogen and oxygen atoms in total. The SMILES string of the molecule is CC(CN(C)C(=O)N1CCNCC1)C(=O)O. The van der Waals surface area contributed by atoms with E-state index in [1.165, 1.54) is 4.90 Å². The third-order valence-corrected chi connectivity index (χ3v) is 2.68. The van der Waals surface area contributed by atoms with Crippen molar-refractivity contribution in [1.82, 2.24) is 15.1 Å². The minimum Gasteiger partial charge on any atom is -0.481 e. The van der Waals surface area contributed by atoms with Crippen LogP contribution in [0, 0.1) is 5.92 Å². The topological polar surface area (TPSA) is 72.9 Å². The Balaban J connectivity index is 2.43. The first-order valence-corrected chi connectivity index (χ1v) is 5.46. The van der Waals surface area contributed by atoms with Crippen molar-refractivity contribution < 1.29 is 14.7 Å². The lowest BCUT2D eigenvalue weighted by atomic mass is 10.2. The average Bonchev–Trinajstić information content (AvgIpc) is 2.28. The van der Waals surface area contributed by atoms with Crippen LogP contribution >= 0.6 is 0 Å². The Morgan fingerprint density at radius 2 is 2.00 bits per heavy atom. The highest BCUT2D eigenvalue weighted by atomic mass is 16.4. The van der Waals surface area contributed by atoms with Gasteiger partial charge in [0, 0.05) is 39.8 Å². The average molecular weight is 229 g/mol. The molecular weight excluding hydrogens is 210 g/mol. The molecule has 2 N–H and O–H groups in total. The minimum absolute atomic E-state index is 0.0883. The molecular formula is C10H19N3O3. The Morgan fingerprint density at radius 3 is 2.50 bits per heavy atom. The molecule has 1 atom stereocenters. The zero-order chi connectivity index (χ0) is 12.1. The predicted molar refractivity (Wildman–Crippen MR) is 59.3 cm³/mol. The van der Waals surface area contributed by atoms with E-state index in [4.69, 9.17) is 5.11 Å². The van der Waals surface area contributed by atoms with Crippen LogP contribution in [0.15, 0.2) is 0 Å². The summed E-state index contributed by atoms with van der Waals surface area (Å²) in [5.74, 6) is -1.41. The number of carboxylic acid groups (broad SMARTS) is 1. The fourth-order valence-corrected chi connectivity index (χ4v) is 1.66. The molecule has 2 amide bonds. The van der Waals surface area contributed by atoms with Crippen LogP contribution < -0.4 is 5.32 Å². The number of rotatable bonds is 3. The van der Waals surface area contributed by atoms with Crippen molar-refractivity contribution in [2.75, 3.05) is 39.8 Å². The van der Waals surface area contributed by atoms with Crippen LogP contribution in [0.5, 0.6) is 0 Å². The number of carbonyl (C=O) groups excluding carboxylic acids is 1. The van der Waals surface area contributed by atoms with Crippen LogP contribution in [-0.4, -0.2) is 66.7 Å². The lowest BCUT2D eigenvalue weighted by Gasteiger charge is -2.32. The molecule has 0 radical (unpaired) electrons. The first-order chi connectivity index (χ1) is 7.52. The van der Waals surface area contributed by atoms with Crippen LogP contribution in [-0.2, 0) is 4.79 Å². The summed E-state index contributed by atoms with van der Waals surface area (Å²) in [4.78, 5) is 25.8. The second-order valence-corrected chi connectivity index (χ2v) is 4.14. The maximum absolute atomic E-state index is 11.9. The van der Waals surface area contributed by atoms with Crippen molar-refractivity contribution >= 4 is 12.0 Å². The normalized spacial score (nSPS) is 18.0. The van der Waals surface area contributed by atoms with Crippen LogP contribution in [0.1, 0.15) is 6.92 Å². The molecule has 1 heterocycles. The van der Waals surface area contributed by atoms with Gasteiger partial charge in [0.15, 0.2) is 0 Å².